The molecule has 0 amide bonds. The van der Waals surface area contributed by atoms with Crippen molar-refractivity contribution in [2.75, 3.05) is 0 Å². The van der Waals surface area contributed by atoms with E-state index in [-0.39, 0.29) is 0 Å². The molecule has 0 saturated heterocycles. The van der Waals surface area contributed by atoms with Crippen LogP contribution in [-0.2, 0) is 0 Å². The summed E-state index contributed by atoms with van der Waals surface area (Å²) in [6, 6.07) is 18.2. The molecule has 0 fully saturated rings. The molecule has 0 aromatic heterocycles. The van der Waals surface area contributed by atoms with Crippen LogP contribution >= 0.6 is 0 Å². The molecule has 0 atom stereocenters. The Morgan fingerprint density at radius 3 is 1.15 bits per heavy atom. The molecule has 0 radical (unpaired) electrons. The van der Waals surface area contributed by atoms with Crippen molar-refractivity contribution in [1.82, 2.24) is 0 Å². The van der Waals surface area contributed by atoms with Crippen LogP contribution in [0.25, 0.3) is 44.5 Å². The monoisotopic (exact) mass is 336 g/mol. The molecule has 0 nitrogen and oxygen atoms in total. The molecule has 0 aliphatic heterocycles. The number of benzene rings is 4. The van der Waals surface area contributed by atoms with E-state index in [2.05, 4.69) is 101 Å². The summed E-state index contributed by atoms with van der Waals surface area (Å²) in [7, 11) is 0. The summed E-state index contributed by atoms with van der Waals surface area (Å²) in [5, 5.41) is 8.03. The van der Waals surface area contributed by atoms with Gasteiger partial charge in [-0.3, -0.25) is 0 Å². The van der Waals surface area contributed by atoms with Crippen molar-refractivity contribution < 1.29 is 0 Å². The summed E-state index contributed by atoms with van der Waals surface area (Å²) >= 11 is 0. The van der Waals surface area contributed by atoms with Crippen LogP contribution in [0.2, 0.25) is 0 Å². The third-order valence-corrected chi connectivity index (χ3v) is 5.51. The molecule has 0 N–H and O–H groups in total. The Morgan fingerprint density at radius 1 is 0.462 bits per heavy atom. The van der Waals surface area contributed by atoms with Gasteiger partial charge < -0.3 is 0 Å². The molecule has 4 aromatic carbocycles. The molecule has 0 saturated carbocycles. The number of allylic oxidation sites excluding steroid dienone is 2. The third-order valence-electron chi connectivity index (χ3n) is 5.51. The van der Waals surface area contributed by atoms with Gasteiger partial charge >= 0.3 is 0 Å². The van der Waals surface area contributed by atoms with E-state index in [1.165, 1.54) is 54.6 Å². The van der Waals surface area contributed by atoms with E-state index in [9.17, 15) is 0 Å². The van der Waals surface area contributed by atoms with Crippen LogP contribution in [0.15, 0.2) is 60.7 Å². The van der Waals surface area contributed by atoms with Gasteiger partial charge in [-0.1, -0.05) is 72.8 Å². The highest BCUT2D eigenvalue weighted by Gasteiger charge is 2.09. The van der Waals surface area contributed by atoms with Gasteiger partial charge in [-0.25, -0.2) is 0 Å². The van der Waals surface area contributed by atoms with Crippen molar-refractivity contribution in [1.29, 1.82) is 0 Å². The Bertz CT molecular complexity index is 1110. The second-order valence-electron chi connectivity index (χ2n) is 6.98. The van der Waals surface area contributed by atoms with E-state index in [1.54, 1.807) is 0 Å². The largest absolute Gasteiger partial charge is 0.0871 e. The van der Waals surface area contributed by atoms with Gasteiger partial charge in [0.2, 0.25) is 0 Å². The van der Waals surface area contributed by atoms with Crippen molar-refractivity contribution in [2.45, 2.75) is 27.7 Å². The number of aryl methyl sites for hydroxylation is 2. The Labute approximate surface area is 155 Å². The highest BCUT2D eigenvalue weighted by Crippen LogP contribution is 2.35. The molecule has 0 aliphatic carbocycles. The lowest BCUT2D eigenvalue weighted by molar-refractivity contribution is 1.49. The van der Waals surface area contributed by atoms with Crippen molar-refractivity contribution >= 4 is 44.5 Å². The minimum Gasteiger partial charge on any atom is -0.0871 e. The van der Waals surface area contributed by atoms with Crippen molar-refractivity contribution in [3.8, 4) is 0 Å². The molecule has 0 bridgehead atoms. The molecule has 4 rings (SSSR count). The molecular weight excluding hydrogens is 312 g/mol. The zero-order valence-corrected chi connectivity index (χ0v) is 15.9. The lowest BCUT2D eigenvalue weighted by Crippen LogP contribution is -1.88. The minimum absolute atomic E-state index is 1.30. The fourth-order valence-electron chi connectivity index (χ4n) is 4.09. The normalized spacial score (nSPS) is 12.3. The van der Waals surface area contributed by atoms with E-state index >= 15 is 0 Å². The lowest BCUT2D eigenvalue weighted by Gasteiger charge is -2.13. The van der Waals surface area contributed by atoms with E-state index in [0.29, 0.717) is 0 Å². The van der Waals surface area contributed by atoms with Gasteiger partial charge in [-0.05, 0) is 82.3 Å². The first-order valence-corrected chi connectivity index (χ1v) is 9.29. The third kappa shape index (κ3) is 2.45. The average molecular weight is 336 g/mol. The fraction of sp³-hybridized carbons (Fsp3) is 0.154. The van der Waals surface area contributed by atoms with Crippen LogP contribution in [0.4, 0.5) is 0 Å². The Balaban J connectivity index is 2.08. The predicted octanol–water partition coefficient (Wildman–Crippen LogP) is 7.83. The topological polar surface area (TPSA) is 0 Å². The highest BCUT2D eigenvalue weighted by molar-refractivity contribution is 6.18. The van der Waals surface area contributed by atoms with Gasteiger partial charge in [-0.15, -0.1) is 0 Å². The van der Waals surface area contributed by atoms with Gasteiger partial charge in [0.25, 0.3) is 0 Å². The zero-order valence-electron chi connectivity index (χ0n) is 15.9. The SMILES string of the molecule is C/C=C\c1ccc2c(ccc3c4ccc(/C=C\C)c(C)c4ccc23)c1C. The van der Waals surface area contributed by atoms with E-state index < -0.39 is 0 Å². The van der Waals surface area contributed by atoms with Gasteiger partial charge in [0.05, 0.1) is 0 Å². The van der Waals surface area contributed by atoms with Crippen molar-refractivity contribution in [2.24, 2.45) is 0 Å². The van der Waals surface area contributed by atoms with Crippen LogP contribution < -0.4 is 0 Å². The molecule has 26 heavy (non-hydrogen) atoms. The van der Waals surface area contributed by atoms with Crippen LogP contribution in [0.1, 0.15) is 36.1 Å². The second kappa shape index (κ2) is 6.46. The summed E-state index contributed by atoms with van der Waals surface area (Å²) in [6.45, 7) is 8.58. The number of hydrogen-bond acceptors (Lipinski definition) is 0. The van der Waals surface area contributed by atoms with Gasteiger partial charge in [0.15, 0.2) is 0 Å². The molecule has 0 unspecified atom stereocenters. The molecule has 128 valence electrons. The number of hydrogen-bond donors (Lipinski definition) is 0. The quantitative estimate of drug-likeness (QED) is 0.327. The Kier molecular flexibility index (Phi) is 4.12. The summed E-state index contributed by atoms with van der Waals surface area (Å²) in [6.07, 6.45) is 8.58. The standard InChI is InChI=1S/C26H24/c1-5-7-19-9-11-23-21(17(19)3)13-15-26-24-12-10-20(8-6-2)18(4)22(24)14-16-25(23)26/h5-16H,1-4H3/b7-5-,8-6-. The van der Waals surface area contributed by atoms with Gasteiger partial charge in [-0.2, -0.15) is 0 Å². The molecular formula is C26H24. The smallest absolute Gasteiger partial charge is 0.00988 e. The van der Waals surface area contributed by atoms with Gasteiger partial charge in [0.1, 0.15) is 0 Å². The maximum atomic E-state index is 2.29. The maximum Gasteiger partial charge on any atom is -0.00988 e. The van der Waals surface area contributed by atoms with Crippen molar-refractivity contribution in [3.63, 3.8) is 0 Å². The highest BCUT2D eigenvalue weighted by atomic mass is 14.1. The molecule has 0 spiro atoms. The molecule has 0 heteroatoms. The van der Waals surface area contributed by atoms with E-state index in [1.807, 2.05) is 0 Å². The van der Waals surface area contributed by atoms with Gasteiger partial charge in [0, 0.05) is 0 Å². The summed E-state index contributed by atoms with van der Waals surface area (Å²) in [5.41, 5.74) is 5.29. The van der Waals surface area contributed by atoms with Crippen LogP contribution in [0, 0.1) is 13.8 Å². The van der Waals surface area contributed by atoms with Crippen molar-refractivity contribution in [3.05, 3.63) is 82.9 Å². The first-order chi connectivity index (χ1) is 12.7. The second-order valence-corrected chi connectivity index (χ2v) is 6.98. The summed E-state index contributed by atoms with van der Waals surface area (Å²) in [5.74, 6) is 0. The predicted molar refractivity (Wildman–Crippen MR) is 118 cm³/mol. The van der Waals surface area contributed by atoms with Crippen LogP contribution in [-0.4, -0.2) is 0 Å². The molecule has 0 heterocycles. The van der Waals surface area contributed by atoms with Crippen LogP contribution in [0.3, 0.4) is 0 Å². The van der Waals surface area contributed by atoms with E-state index in [0.717, 1.165) is 0 Å². The van der Waals surface area contributed by atoms with Crippen LogP contribution in [0.5, 0.6) is 0 Å². The zero-order chi connectivity index (χ0) is 18.3. The maximum absolute atomic E-state index is 2.29. The Morgan fingerprint density at radius 2 is 0.769 bits per heavy atom. The number of rotatable bonds is 2. The average Bonchev–Trinajstić information content (AvgIpc) is 2.66. The first-order valence-electron chi connectivity index (χ1n) is 9.29. The fourth-order valence-corrected chi connectivity index (χ4v) is 4.09. The molecule has 0 aliphatic rings. The number of fused-ring (bicyclic) bond motifs is 5. The molecule has 4 aromatic rings. The Hall–Kier alpha value is -2.86. The lowest BCUT2D eigenvalue weighted by atomic mass is 9.91. The summed E-state index contributed by atoms with van der Waals surface area (Å²) < 4.78 is 0. The van der Waals surface area contributed by atoms with E-state index in [4.69, 9.17) is 0 Å². The minimum atomic E-state index is 1.30. The summed E-state index contributed by atoms with van der Waals surface area (Å²) in [4.78, 5) is 0. The first kappa shape index (κ1) is 16.6.